The van der Waals surface area contributed by atoms with E-state index in [1.54, 1.807) is 0 Å². The summed E-state index contributed by atoms with van der Waals surface area (Å²) in [7, 11) is 0. The molecule has 1 unspecified atom stereocenters. The van der Waals surface area contributed by atoms with Crippen LogP contribution in [0.25, 0.3) is 10.9 Å². The molecule has 0 bridgehead atoms. The van der Waals surface area contributed by atoms with Gasteiger partial charge in [0.25, 0.3) is 11.8 Å². The number of fused-ring (bicyclic) bond motifs is 2. The van der Waals surface area contributed by atoms with Gasteiger partial charge in [0, 0.05) is 11.1 Å². The predicted octanol–water partition coefficient (Wildman–Crippen LogP) is 2.80. The number of carbonyl (C=O) groups excluding carboxylic acids is 4. The third kappa shape index (κ3) is 3.89. The normalized spacial score (nSPS) is 21.3. The summed E-state index contributed by atoms with van der Waals surface area (Å²) in [6, 6.07) is 6.73. The summed E-state index contributed by atoms with van der Waals surface area (Å²) in [5.74, 6) is -1.40. The van der Waals surface area contributed by atoms with Crippen LogP contribution in [0.1, 0.15) is 67.1 Å². The molecule has 4 amide bonds. The van der Waals surface area contributed by atoms with Crippen LogP contribution in [0.15, 0.2) is 24.3 Å². The van der Waals surface area contributed by atoms with Crippen molar-refractivity contribution in [3.05, 3.63) is 41.1 Å². The second-order valence-electron chi connectivity index (χ2n) is 9.60. The molecule has 1 atom stereocenters. The standard InChI is InChI=1S/C25H28N4O5/c1-15-9-10-19-17(13-15)21(16-7-3-4-8-18(16)26-19)22(31)34-14-20(30)28-29-23(32)25(27-24(29)33)11-5-2-6-12-25/h3-4,7-8,15H,2,5-6,9-14H2,1H3,(H,27,33)(H,28,30). The second-order valence-corrected chi connectivity index (χ2v) is 9.60. The molecular formula is C25H28N4O5. The van der Waals surface area contributed by atoms with E-state index in [4.69, 9.17) is 9.72 Å². The molecular weight excluding hydrogens is 436 g/mol. The summed E-state index contributed by atoms with van der Waals surface area (Å²) in [6.45, 7) is 1.53. The van der Waals surface area contributed by atoms with Crippen molar-refractivity contribution in [1.82, 2.24) is 20.7 Å². The van der Waals surface area contributed by atoms with E-state index in [0.29, 0.717) is 46.7 Å². The smallest absolute Gasteiger partial charge is 0.344 e. The van der Waals surface area contributed by atoms with E-state index in [0.717, 1.165) is 43.4 Å². The monoisotopic (exact) mass is 464 g/mol. The number of urea groups is 1. The molecule has 1 aromatic heterocycles. The number of hydrazine groups is 1. The zero-order valence-corrected chi connectivity index (χ0v) is 19.2. The number of ether oxygens (including phenoxy) is 1. The fraction of sp³-hybridized carbons (Fsp3) is 0.480. The van der Waals surface area contributed by atoms with Crippen molar-refractivity contribution in [2.45, 2.75) is 63.8 Å². The highest BCUT2D eigenvalue weighted by Crippen LogP contribution is 2.33. The molecule has 2 aliphatic carbocycles. The summed E-state index contributed by atoms with van der Waals surface area (Å²) in [6.07, 6.45) is 6.31. The third-order valence-corrected chi connectivity index (χ3v) is 7.15. The van der Waals surface area contributed by atoms with Crippen LogP contribution in [-0.2, 0) is 27.2 Å². The molecule has 2 N–H and O–H groups in total. The molecule has 1 aromatic carbocycles. The van der Waals surface area contributed by atoms with Crippen molar-refractivity contribution >= 4 is 34.7 Å². The van der Waals surface area contributed by atoms with Crippen molar-refractivity contribution in [1.29, 1.82) is 0 Å². The minimum absolute atomic E-state index is 0.414. The highest BCUT2D eigenvalue weighted by atomic mass is 16.5. The number of benzene rings is 1. The molecule has 1 saturated carbocycles. The number of amides is 4. The summed E-state index contributed by atoms with van der Waals surface area (Å²) < 4.78 is 5.37. The molecule has 2 aromatic rings. The van der Waals surface area contributed by atoms with Crippen LogP contribution in [0, 0.1) is 5.92 Å². The molecule has 34 heavy (non-hydrogen) atoms. The van der Waals surface area contributed by atoms with E-state index in [1.807, 2.05) is 24.3 Å². The van der Waals surface area contributed by atoms with Crippen LogP contribution < -0.4 is 10.7 Å². The molecule has 9 heteroatoms. The van der Waals surface area contributed by atoms with E-state index < -0.39 is 36.0 Å². The van der Waals surface area contributed by atoms with Gasteiger partial charge in [-0.15, -0.1) is 0 Å². The van der Waals surface area contributed by atoms with E-state index in [1.165, 1.54) is 0 Å². The molecule has 178 valence electrons. The Bertz CT molecular complexity index is 1190. The van der Waals surface area contributed by atoms with Crippen LogP contribution in [-0.4, -0.2) is 46.0 Å². The fourth-order valence-corrected chi connectivity index (χ4v) is 5.37. The lowest BCUT2D eigenvalue weighted by Crippen LogP contribution is -2.51. The predicted molar refractivity (Wildman–Crippen MR) is 123 cm³/mol. The first-order valence-corrected chi connectivity index (χ1v) is 11.9. The Morgan fingerprint density at radius 1 is 1.21 bits per heavy atom. The van der Waals surface area contributed by atoms with Gasteiger partial charge in [-0.2, -0.15) is 5.01 Å². The molecule has 2 fully saturated rings. The Hall–Kier alpha value is -3.49. The van der Waals surface area contributed by atoms with Crippen molar-refractivity contribution in [3.8, 4) is 0 Å². The fourth-order valence-electron chi connectivity index (χ4n) is 5.37. The number of nitrogens with one attached hydrogen (secondary N) is 2. The Kier molecular flexibility index (Phi) is 5.71. The third-order valence-electron chi connectivity index (χ3n) is 7.15. The lowest BCUT2D eigenvalue weighted by atomic mass is 9.82. The van der Waals surface area contributed by atoms with Gasteiger partial charge in [-0.25, -0.2) is 9.59 Å². The summed E-state index contributed by atoms with van der Waals surface area (Å²) in [5, 5.41) is 4.14. The van der Waals surface area contributed by atoms with Crippen molar-refractivity contribution in [2.24, 2.45) is 5.92 Å². The zero-order chi connectivity index (χ0) is 23.9. The molecule has 0 radical (unpaired) electrons. The SMILES string of the molecule is CC1CCc2nc3ccccc3c(C(=O)OCC(=O)NN3C(=O)NC4(CCCCC4)C3=O)c2C1. The first-order chi connectivity index (χ1) is 16.4. The van der Waals surface area contributed by atoms with Crippen molar-refractivity contribution in [2.75, 3.05) is 6.61 Å². The van der Waals surface area contributed by atoms with E-state index in [-0.39, 0.29) is 0 Å². The maximum absolute atomic E-state index is 13.2. The number of imide groups is 1. The van der Waals surface area contributed by atoms with E-state index in [2.05, 4.69) is 17.7 Å². The van der Waals surface area contributed by atoms with Gasteiger partial charge in [0.15, 0.2) is 6.61 Å². The molecule has 5 rings (SSSR count). The number of rotatable bonds is 4. The van der Waals surface area contributed by atoms with E-state index >= 15 is 0 Å². The Morgan fingerprint density at radius 3 is 2.76 bits per heavy atom. The second kappa shape index (κ2) is 8.70. The van der Waals surface area contributed by atoms with Gasteiger partial charge in [0.1, 0.15) is 5.54 Å². The first-order valence-electron chi connectivity index (χ1n) is 11.9. The maximum atomic E-state index is 13.2. The van der Waals surface area contributed by atoms with Gasteiger partial charge in [0.2, 0.25) is 0 Å². The Morgan fingerprint density at radius 2 is 1.97 bits per heavy atom. The zero-order valence-electron chi connectivity index (χ0n) is 19.2. The Balaban J connectivity index is 1.30. The minimum atomic E-state index is -0.939. The largest absolute Gasteiger partial charge is 0.452 e. The molecule has 1 spiro atoms. The van der Waals surface area contributed by atoms with Crippen LogP contribution in [0.3, 0.4) is 0 Å². The lowest BCUT2D eigenvalue weighted by Gasteiger charge is -2.30. The van der Waals surface area contributed by atoms with Crippen molar-refractivity contribution in [3.63, 3.8) is 0 Å². The summed E-state index contributed by atoms with van der Waals surface area (Å²) in [5.41, 5.74) is 4.29. The number of hydrogen-bond acceptors (Lipinski definition) is 6. The number of pyridine rings is 1. The molecule has 1 aliphatic heterocycles. The van der Waals surface area contributed by atoms with Crippen molar-refractivity contribution < 1.29 is 23.9 Å². The van der Waals surface area contributed by atoms with Gasteiger partial charge in [-0.1, -0.05) is 44.4 Å². The van der Waals surface area contributed by atoms with Gasteiger partial charge < -0.3 is 10.1 Å². The molecule has 3 aliphatic rings. The van der Waals surface area contributed by atoms with E-state index in [9.17, 15) is 19.2 Å². The summed E-state index contributed by atoms with van der Waals surface area (Å²) >= 11 is 0. The number of nitrogens with zero attached hydrogens (tertiary/aromatic N) is 2. The number of carbonyl (C=O) groups is 4. The van der Waals surface area contributed by atoms with Gasteiger partial charge in [-0.05, 0) is 49.7 Å². The summed E-state index contributed by atoms with van der Waals surface area (Å²) in [4.78, 5) is 55.6. The highest BCUT2D eigenvalue weighted by molar-refractivity contribution is 6.08. The van der Waals surface area contributed by atoms with Gasteiger partial charge in [-0.3, -0.25) is 20.0 Å². The average Bonchev–Trinajstić information content (AvgIpc) is 3.05. The van der Waals surface area contributed by atoms with Crippen LogP contribution in [0.5, 0.6) is 0 Å². The molecule has 1 saturated heterocycles. The first kappa shape index (κ1) is 22.3. The highest BCUT2D eigenvalue weighted by Gasteiger charge is 2.52. The van der Waals surface area contributed by atoms with Crippen LogP contribution >= 0.6 is 0 Å². The number of esters is 1. The van der Waals surface area contributed by atoms with Gasteiger partial charge in [0.05, 0.1) is 11.1 Å². The number of hydrogen-bond donors (Lipinski definition) is 2. The van der Waals surface area contributed by atoms with Gasteiger partial charge >= 0.3 is 12.0 Å². The quantitative estimate of drug-likeness (QED) is 0.531. The number of aromatic nitrogens is 1. The number of para-hydroxylation sites is 1. The maximum Gasteiger partial charge on any atom is 0.344 e. The average molecular weight is 465 g/mol. The molecule has 9 nitrogen and oxygen atoms in total. The van der Waals surface area contributed by atoms with Crippen LogP contribution in [0.4, 0.5) is 4.79 Å². The molecule has 2 heterocycles. The minimum Gasteiger partial charge on any atom is -0.452 e. The van der Waals surface area contributed by atoms with Crippen LogP contribution in [0.2, 0.25) is 0 Å². The Labute approximate surface area is 197 Å². The topological polar surface area (TPSA) is 118 Å². The number of aryl methyl sites for hydroxylation is 1. The lowest BCUT2D eigenvalue weighted by molar-refractivity contribution is -0.140.